The molecule has 0 bridgehead atoms. The molecule has 1 heterocycles. The predicted molar refractivity (Wildman–Crippen MR) is 61.5 cm³/mol. The van der Waals surface area contributed by atoms with Crippen LogP contribution in [0.4, 0.5) is 19.0 Å². The zero-order chi connectivity index (χ0) is 13.8. The van der Waals surface area contributed by atoms with Gasteiger partial charge in [-0.2, -0.15) is 13.2 Å². The van der Waals surface area contributed by atoms with Crippen molar-refractivity contribution in [2.75, 3.05) is 12.4 Å². The van der Waals surface area contributed by atoms with Crippen molar-refractivity contribution in [2.24, 2.45) is 0 Å². The van der Waals surface area contributed by atoms with Crippen molar-refractivity contribution < 1.29 is 17.9 Å². The summed E-state index contributed by atoms with van der Waals surface area (Å²) in [5.74, 6) is 0.561. The molecule has 0 fully saturated rings. The van der Waals surface area contributed by atoms with Crippen molar-refractivity contribution in [3.63, 3.8) is 0 Å². The van der Waals surface area contributed by atoms with Crippen LogP contribution in [-0.2, 0) is 11.3 Å². The molecule has 0 spiro atoms. The molecule has 0 aliphatic carbocycles. The molecule has 1 aromatic rings. The average Bonchev–Trinajstić information content (AvgIpc) is 2.12. The van der Waals surface area contributed by atoms with Crippen LogP contribution in [0.3, 0.4) is 0 Å². The van der Waals surface area contributed by atoms with Crippen LogP contribution in [0, 0.1) is 0 Å². The third-order valence-corrected chi connectivity index (χ3v) is 2.14. The summed E-state index contributed by atoms with van der Waals surface area (Å²) in [6.07, 6.45) is -5.17. The molecule has 0 saturated carbocycles. The van der Waals surface area contributed by atoms with Crippen molar-refractivity contribution in [3.05, 3.63) is 17.0 Å². The maximum absolute atomic E-state index is 12.2. The highest BCUT2D eigenvalue weighted by Crippen LogP contribution is 2.23. The number of nitrogens with one attached hydrogen (secondary N) is 1. The van der Waals surface area contributed by atoms with Crippen LogP contribution < -0.4 is 5.32 Å². The van der Waals surface area contributed by atoms with E-state index in [1.807, 2.05) is 0 Å². The number of ether oxygens (including phenoxy) is 1. The molecule has 1 unspecified atom stereocenters. The van der Waals surface area contributed by atoms with E-state index in [2.05, 4.69) is 15.3 Å². The molecule has 1 rings (SSSR count). The van der Waals surface area contributed by atoms with Crippen molar-refractivity contribution in [1.82, 2.24) is 9.97 Å². The third-order valence-electron chi connectivity index (χ3n) is 1.95. The number of alkyl halides is 3. The zero-order valence-electron chi connectivity index (χ0n) is 9.88. The van der Waals surface area contributed by atoms with E-state index >= 15 is 0 Å². The number of halogens is 4. The van der Waals surface area contributed by atoms with Gasteiger partial charge in [0.1, 0.15) is 17.6 Å². The monoisotopic (exact) mass is 283 g/mol. The molecule has 102 valence electrons. The maximum Gasteiger partial charge on any atom is 0.391 e. The molecule has 0 amide bonds. The summed E-state index contributed by atoms with van der Waals surface area (Å²) in [7, 11) is 1.46. The zero-order valence-corrected chi connectivity index (χ0v) is 10.6. The van der Waals surface area contributed by atoms with Gasteiger partial charge >= 0.3 is 6.18 Å². The van der Waals surface area contributed by atoms with Gasteiger partial charge < -0.3 is 10.1 Å². The van der Waals surface area contributed by atoms with E-state index in [0.29, 0.717) is 5.82 Å². The van der Waals surface area contributed by atoms with E-state index < -0.39 is 18.6 Å². The summed E-state index contributed by atoms with van der Waals surface area (Å²) in [5, 5.41) is 2.78. The fraction of sp³-hybridized carbons (Fsp3) is 0.600. The Balaban J connectivity index is 2.71. The number of hydrogen-bond donors (Lipinski definition) is 1. The standard InChI is InChI=1S/C10H13ClF3N3O/c1-6(4-10(12,13)14)15-8-3-7(11)16-9(17-8)5-18-2/h3,6H,4-5H2,1-2H3,(H,15,16,17). The number of nitrogens with zero attached hydrogens (tertiary/aromatic N) is 2. The summed E-state index contributed by atoms with van der Waals surface area (Å²) in [4.78, 5) is 7.87. The Hall–Kier alpha value is -1.08. The van der Waals surface area contributed by atoms with Gasteiger partial charge in [-0.15, -0.1) is 0 Å². The van der Waals surface area contributed by atoms with E-state index in [1.54, 1.807) is 0 Å². The fourth-order valence-corrected chi connectivity index (χ4v) is 1.58. The average molecular weight is 284 g/mol. The predicted octanol–water partition coefficient (Wildman–Crippen LogP) is 3.03. The molecule has 18 heavy (non-hydrogen) atoms. The van der Waals surface area contributed by atoms with Crippen molar-refractivity contribution in [2.45, 2.75) is 32.2 Å². The van der Waals surface area contributed by atoms with E-state index in [0.717, 1.165) is 0 Å². The van der Waals surface area contributed by atoms with Crippen LogP contribution in [0.1, 0.15) is 19.2 Å². The lowest BCUT2D eigenvalue weighted by Crippen LogP contribution is -2.24. The summed E-state index contributed by atoms with van der Waals surface area (Å²) in [6.45, 7) is 1.56. The first-order valence-electron chi connectivity index (χ1n) is 5.16. The van der Waals surface area contributed by atoms with Gasteiger partial charge in [0.15, 0.2) is 5.82 Å². The Morgan fingerprint density at radius 3 is 2.67 bits per heavy atom. The first-order valence-corrected chi connectivity index (χ1v) is 5.53. The minimum Gasteiger partial charge on any atom is -0.377 e. The van der Waals surface area contributed by atoms with Gasteiger partial charge in [-0.3, -0.25) is 0 Å². The smallest absolute Gasteiger partial charge is 0.377 e. The van der Waals surface area contributed by atoms with E-state index in [-0.39, 0.29) is 17.6 Å². The molecule has 8 heteroatoms. The second kappa shape index (κ2) is 6.19. The Morgan fingerprint density at radius 2 is 2.11 bits per heavy atom. The Kier molecular flexibility index (Phi) is 5.15. The van der Waals surface area contributed by atoms with Crippen LogP contribution in [0.2, 0.25) is 5.15 Å². The summed E-state index contributed by atoms with van der Waals surface area (Å²) < 4.78 is 41.3. The SMILES string of the molecule is COCc1nc(Cl)cc(NC(C)CC(F)(F)F)n1. The third kappa shape index (κ3) is 5.50. The van der Waals surface area contributed by atoms with Crippen molar-refractivity contribution in [3.8, 4) is 0 Å². The quantitative estimate of drug-likeness (QED) is 0.844. The van der Waals surface area contributed by atoms with E-state index in [4.69, 9.17) is 16.3 Å². The van der Waals surface area contributed by atoms with E-state index in [1.165, 1.54) is 20.1 Å². The highest BCUT2D eigenvalue weighted by Gasteiger charge is 2.30. The second-order valence-corrected chi connectivity index (χ2v) is 4.18. The molecule has 0 aliphatic rings. The number of aromatic nitrogens is 2. The number of methoxy groups -OCH3 is 1. The topological polar surface area (TPSA) is 47.0 Å². The number of rotatable bonds is 5. The van der Waals surface area contributed by atoms with Crippen LogP contribution >= 0.6 is 11.6 Å². The molecule has 1 N–H and O–H groups in total. The summed E-state index contributed by atoms with van der Waals surface area (Å²) in [5.41, 5.74) is 0. The van der Waals surface area contributed by atoms with E-state index in [9.17, 15) is 13.2 Å². The minimum absolute atomic E-state index is 0.142. The van der Waals surface area contributed by atoms with Gasteiger partial charge in [0.25, 0.3) is 0 Å². The van der Waals surface area contributed by atoms with Crippen LogP contribution in [0.25, 0.3) is 0 Å². The van der Waals surface area contributed by atoms with Crippen LogP contribution in [0.15, 0.2) is 6.07 Å². The Bertz CT molecular complexity index is 400. The van der Waals surface area contributed by atoms with Gasteiger partial charge in [0.2, 0.25) is 0 Å². The molecule has 1 aromatic heterocycles. The number of anilines is 1. The molecule has 0 aliphatic heterocycles. The molecule has 1 atom stereocenters. The largest absolute Gasteiger partial charge is 0.391 e. The maximum atomic E-state index is 12.2. The molecule has 4 nitrogen and oxygen atoms in total. The fourth-order valence-electron chi connectivity index (χ4n) is 1.38. The lowest BCUT2D eigenvalue weighted by atomic mass is 10.2. The van der Waals surface area contributed by atoms with Crippen LogP contribution in [-0.4, -0.2) is 29.3 Å². The Morgan fingerprint density at radius 1 is 1.44 bits per heavy atom. The molecule has 0 aromatic carbocycles. The Labute approximate surface area is 108 Å². The van der Waals surface area contributed by atoms with Crippen molar-refractivity contribution >= 4 is 17.4 Å². The lowest BCUT2D eigenvalue weighted by Gasteiger charge is -2.16. The minimum atomic E-state index is -4.22. The normalized spacial score (nSPS) is 13.4. The highest BCUT2D eigenvalue weighted by molar-refractivity contribution is 6.29. The first-order chi connectivity index (χ1) is 8.30. The van der Waals surface area contributed by atoms with Crippen molar-refractivity contribution in [1.29, 1.82) is 0 Å². The molecule has 0 saturated heterocycles. The molecular formula is C10H13ClF3N3O. The molecular weight excluding hydrogens is 271 g/mol. The molecule has 0 radical (unpaired) electrons. The number of hydrogen-bond acceptors (Lipinski definition) is 4. The first kappa shape index (κ1) is 15.0. The van der Waals surface area contributed by atoms with Gasteiger partial charge in [0, 0.05) is 19.2 Å². The van der Waals surface area contributed by atoms with Crippen LogP contribution in [0.5, 0.6) is 0 Å². The second-order valence-electron chi connectivity index (χ2n) is 3.79. The summed E-state index contributed by atoms with van der Waals surface area (Å²) in [6, 6.07) is 0.569. The van der Waals surface area contributed by atoms with Gasteiger partial charge in [0.05, 0.1) is 6.42 Å². The van der Waals surface area contributed by atoms with Gasteiger partial charge in [-0.05, 0) is 6.92 Å². The van der Waals surface area contributed by atoms with Gasteiger partial charge in [-0.1, -0.05) is 11.6 Å². The lowest BCUT2D eigenvalue weighted by molar-refractivity contribution is -0.136. The van der Waals surface area contributed by atoms with Gasteiger partial charge in [-0.25, -0.2) is 9.97 Å². The highest BCUT2D eigenvalue weighted by atomic mass is 35.5. The summed E-state index contributed by atoms with van der Waals surface area (Å²) >= 11 is 5.73.